The normalized spacial score (nSPS) is 14.2. The van der Waals surface area contributed by atoms with Crippen LogP contribution in [0.15, 0.2) is 36.5 Å². The van der Waals surface area contributed by atoms with Crippen molar-refractivity contribution in [2.75, 3.05) is 7.11 Å². The van der Waals surface area contributed by atoms with E-state index in [0.717, 1.165) is 18.3 Å². The first-order valence-corrected chi connectivity index (χ1v) is 8.40. The molecular weight excluding hydrogens is 376 g/mol. The fraction of sp³-hybridized carbons (Fsp3) is 0.400. The van der Waals surface area contributed by atoms with Gasteiger partial charge in [-0.05, 0) is 42.2 Å². The minimum absolute atomic E-state index is 0.0131. The Morgan fingerprint density at radius 3 is 2.36 bits per heavy atom. The molecule has 0 aliphatic heterocycles. The minimum Gasteiger partial charge on any atom is -0.496 e. The molecule has 2 aromatic rings. The summed E-state index contributed by atoms with van der Waals surface area (Å²) in [6.45, 7) is 2.96. The van der Waals surface area contributed by atoms with Crippen molar-refractivity contribution in [2.45, 2.75) is 43.9 Å². The van der Waals surface area contributed by atoms with Crippen molar-refractivity contribution in [1.29, 1.82) is 5.26 Å². The summed E-state index contributed by atoms with van der Waals surface area (Å²) in [6.07, 6.45) is -5.36. The molecule has 0 spiro atoms. The second kappa shape index (κ2) is 7.76. The van der Waals surface area contributed by atoms with Crippen molar-refractivity contribution >= 4 is 0 Å². The van der Waals surface area contributed by atoms with Gasteiger partial charge in [0.2, 0.25) is 0 Å². The predicted octanol–water partition coefficient (Wildman–Crippen LogP) is 4.30. The molecule has 0 bridgehead atoms. The number of rotatable bonds is 6. The van der Waals surface area contributed by atoms with E-state index in [0.29, 0.717) is 0 Å². The molecule has 1 unspecified atom stereocenters. The summed E-state index contributed by atoms with van der Waals surface area (Å²) < 4.78 is 60.3. The average Bonchev–Trinajstić information content (AvgIpc) is 2.61. The zero-order valence-electron chi connectivity index (χ0n) is 15.6. The van der Waals surface area contributed by atoms with Crippen molar-refractivity contribution in [2.24, 2.45) is 0 Å². The number of nitriles is 1. The lowest BCUT2D eigenvalue weighted by Gasteiger charge is -2.38. The highest BCUT2D eigenvalue weighted by Gasteiger charge is 2.56. The molecule has 28 heavy (non-hydrogen) atoms. The molecule has 0 saturated heterocycles. The summed E-state index contributed by atoms with van der Waals surface area (Å²) >= 11 is 0. The molecule has 0 aliphatic rings. The smallest absolute Gasteiger partial charge is 0.417 e. The van der Waals surface area contributed by atoms with Gasteiger partial charge in [0.05, 0.1) is 12.7 Å². The van der Waals surface area contributed by atoms with E-state index in [4.69, 9.17) is 10.00 Å². The molecule has 0 fully saturated rings. The van der Waals surface area contributed by atoms with Gasteiger partial charge in [0.1, 0.15) is 17.6 Å². The molecule has 0 radical (unpaired) electrons. The molecule has 0 aliphatic carbocycles. The number of aliphatic hydroxyl groups is 1. The maximum absolute atomic E-state index is 13.8. The Labute approximate surface area is 160 Å². The van der Waals surface area contributed by atoms with E-state index < -0.39 is 35.9 Å². The number of nitrogens with zero attached hydrogens (tertiary/aromatic N) is 2. The van der Waals surface area contributed by atoms with Crippen LogP contribution in [0.4, 0.5) is 17.6 Å². The van der Waals surface area contributed by atoms with Crippen LogP contribution in [-0.4, -0.2) is 29.0 Å². The second-order valence-electron chi connectivity index (χ2n) is 7.26. The van der Waals surface area contributed by atoms with E-state index in [2.05, 4.69) is 4.98 Å². The highest BCUT2D eigenvalue weighted by Crippen LogP contribution is 2.44. The third-order valence-electron chi connectivity index (χ3n) is 4.58. The summed E-state index contributed by atoms with van der Waals surface area (Å²) in [6, 6.07) is 8.02. The number of benzene rings is 1. The summed E-state index contributed by atoms with van der Waals surface area (Å²) in [5.74, 6) is -0.388. The number of aromatic nitrogens is 1. The second-order valence-corrected chi connectivity index (χ2v) is 7.26. The van der Waals surface area contributed by atoms with Gasteiger partial charge < -0.3 is 9.84 Å². The molecule has 8 heteroatoms. The van der Waals surface area contributed by atoms with Crippen LogP contribution in [0.25, 0.3) is 0 Å². The maximum atomic E-state index is 13.8. The van der Waals surface area contributed by atoms with Gasteiger partial charge in [-0.1, -0.05) is 13.8 Å². The van der Waals surface area contributed by atoms with Gasteiger partial charge in [0.15, 0.2) is 5.60 Å². The Morgan fingerprint density at radius 2 is 1.86 bits per heavy atom. The minimum atomic E-state index is -4.96. The fourth-order valence-corrected chi connectivity index (χ4v) is 3.19. The molecular formula is C20H20F4N2O2. The number of hydrogen-bond donors (Lipinski definition) is 1. The number of alkyl halides is 3. The SMILES string of the molecule is COc1ccc(F)cc1C(C)(C)CC(O)(Cc1ccc(C#N)cn1)C(F)(F)F. The first-order chi connectivity index (χ1) is 12.9. The monoisotopic (exact) mass is 396 g/mol. The van der Waals surface area contributed by atoms with Crippen LogP contribution in [-0.2, 0) is 11.8 Å². The molecule has 4 nitrogen and oxygen atoms in total. The molecule has 1 aromatic carbocycles. The Bertz CT molecular complexity index is 873. The van der Waals surface area contributed by atoms with E-state index in [-0.39, 0.29) is 22.6 Å². The van der Waals surface area contributed by atoms with Crippen molar-refractivity contribution < 1.29 is 27.4 Å². The highest BCUT2D eigenvalue weighted by atomic mass is 19.4. The van der Waals surface area contributed by atoms with Crippen molar-refractivity contribution in [1.82, 2.24) is 4.98 Å². The van der Waals surface area contributed by atoms with Gasteiger partial charge >= 0.3 is 6.18 Å². The van der Waals surface area contributed by atoms with Crippen LogP contribution in [0.1, 0.15) is 37.1 Å². The van der Waals surface area contributed by atoms with Gasteiger partial charge in [-0.25, -0.2) is 4.39 Å². The third-order valence-corrected chi connectivity index (χ3v) is 4.58. The Balaban J connectivity index is 2.42. The summed E-state index contributed by atoms with van der Waals surface area (Å²) in [4.78, 5) is 3.83. The molecule has 1 N–H and O–H groups in total. The molecule has 2 rings (SSSR count). The lowest BCUT2D eigenvalue weighted by Crippen LogP contribution is -2.51. The topological polar surface area (TPSA) is 66.1 Å². The predicted molar refractivity (Wildman–Crippen MR) is 94.3 cm³/mol. The maximum Gasteiger partial charge on any atom is 0.417 e. The summed E-state index contributed by atoms with van der Waals surface area (Å²) in [5, 5.41) is 19.4. The van der Waals surface area contributed by atoms with Gasteiger partial charge in [-0.3, -0.25) is 4.98 Å². The Hall–Kier alpha value is -2.66. The van der Waals surface area contributed by atoms with E-state index in [1.165, 1.54) is 39.2 Å². The number of hydrogen-bond acceptors (Lipinski definition) is 4. The first kappa shape index (κ1) is 21.6. The molecule has 150 valence electrons. The summed E-state index contributed by atoms with van der Waals surface area (Å²) in [7, 11) is 1.34. The zero-order chi connectivity index (χ0) is 21.2. The molecule has 0 saturated carbocycles. The van der Waals surface area contributed by atoms with Crippen molar-refractivity contribution in [3.63, 3.8) is 0 Å². The quantitative estimate of drug-likeness (QED) is 0.739. The van der Waals surface area contributed by atoms with E-state index in [1.54, 1.807) is 0 Å². The lowest BCUT2D eigenvalue weighted by atomic mass is 9.73. The van der Waals surface area contributed by atoms with Gasteiger partial charge in [-0.15, -0.1) is 0 Å². The van der Waals surface area contributed by atoms with Crippen LogP contribution < -0.4 is 4.74 Å². The van der Waals surface area contributed by atoms with E-state index in [9.17, 15) is 22.7 Å². The van der Waals surface area contributed by atoms with E-state index >= 15 is 0 Å². The molecule has 1 aromatic heterocycles. The lowest BCUT2D eigenvalue weighted by molar-refractivity contribution is -0.266. The molecule has 1 heterocycles. The van der Waals surface area contributed by atoms with Gasteiger partial charge in [0.25, 0.3) is 0 Å². The average molecular weight is 396 g/mol. The van der Waals surface area contributed by atoms with Crippen LogP contribution in [0.2, 0.25) is 0 Å². The number of halogens is 4. The molecule has 0 amide bonds. The first-order valence-electron chi connectivity index (χ1n) is 8.40. The molecule has 1 atom stereocenters. The van der Waals surface area contributed by atoms with Gasteiger partial charge in [0, 0.05) is 23.9 Å². The summed E-state index contributed by atoms with van der Waals surface area (Å²) in [5.41, 5.74) is -3.99. The zero-order valence-corrected chi connectivity index (χ0v) is 15.6. The van der Waals surface area contributed by atoms with Crippen LogP contribution in [0, 0.1) is 17.1 Å². The van der Waals surface area contributed by atoms with Crippen molar-refractivity contribution in [3.05, 3.63) is 59.2 Å². The van der Waals surface area contributed by atoms with Crippen LogP contribution in [0.5, 0.6) is 5.75 Å². The Morgan fingerprint density at radius 1 is 1.18 bits per heavy atom. The number of methoxy groups -OCH3 is 1. The van der Waals surface area contributed by atoms with Gasteiger partial charge in [-0.2, -0.15) is 18.4 Å². The standard InChI is InChI=1S/C20H20F4N2O2/c1-18(2,16-8-14(21)5-7-17(16)28-3)12-19(27,20(22,23)24)9-15-6-4-13(10-25)11-26-15/h4-8,11,27H,9,12H2,1-3H3. The van der Waals surface area contributed by atoms with Crippen LogP contribution >= 0.6 is 0 Å². The highest BCUT2D eigenvalue weighted by molar-refractivity contribution is 5.40. The fourth-order valence-electron chi connectivity index (χ4n) is 3.19. The largest absolute Gasteiger partial charge is 0.496 e. The van der Waals surface area contributed by atoms with Crippen molar-refractivity contribution in [3.8, 4) is 11.8 Å². The van der Waals surface area contributed by atoms with E-state index in [1.807, 2.05) is 6.07 Å². The Kier molecular flexibility index (Phi) is 6.00. The third kappa shape index (κ3) is 4.60. The number of pyridine rings is 1. The van der Waals surface area contributed by atoms with Crippen LogP contribution in [0.3, 0.4) is 0 Å². The number of ether oxygens (including phenoxy) is 1.